The number of rotatable bonds is 9. The second kappa shape index (κ2) is 11.6. The average molecular weight is 447 g/mol. The maximum Gasteiger partial charge on any atom is 0.266 e. The Morgan fingerprint density at radius 3 is 2.77 bits per heavy atom. The third kappa shape index (κ3) is 6.15. The zero-order valence-corrected chi connectivity index (χ0v) is 18.9. The molecule has 2 fully saturated rings. The van der Waals surface area contributed by atoms with Gasteiger partial charge in [-0.2, -0.15) is 0 Å². The second-order valence-electron chi connectivity index (χ2n) is 7.80. The first-order valence-electron chi connectivity index (χ1n) is 10.8. The van der Waals surface area contributed by atoms with Gasteiger partial charge in [-0.1, -0.05) is 60.7 Å². The molecule has 5 nitrogen and oxygen atoms in total. The molecule has 0 saturated carbocycles. The van der Waals surface area contributed by atoms with Gasteiger partial charge in [-0.3, -0.25) is 14.5 Å². The molecule has 30 heavy (non-hydrogen) atoms. The van der Waals surface area contributed by atoms with Crippen molar-refractivity contribution in [3.63, 3.8) is 0 Å². The largest absolute Gasteiger partial charge is 0.396 e. The maximum atomic E-state index is 12.7. The SMILES string of the molecule is O=C1/C(=C/c2ccccc2)SC(=S)N1CCCCCC(=O)N1CCCC[C@H]1CCO. The number of piperidine rings is 1. The zero-order chi connectivity index (χ0) is 21.3. The van der Waals surface area contributed by atoms with Crippen LogP contribution in [-0.4, -0.2) is 56.8 Å². The van der Waals surface area contributed by atoms with E-state index in [1.807, 2.05) is 41.3 Å². The highest BCUT2D eigenvalue weighted by Crippen LogP contribution is 2.32. The van der Waals surface area contributed by atoms with Gasteiger partial charge in [0.25, 0.3) is 5.91 Å². The minimum absolute atomic E-state index is 0.0231. The summed E-state index contributed by atoms with van der Waals surface area (Å²) in [5.74, 6) is 0.176. The molecule has 0 aromatic heterocycles. The van der Waals surface area contributed by atoms with Crippen LogP contribution in [0.1, 0.15) is 56.9 Å². The van der Waals surface area contributed by atoms with Crippen LogP contribution in [0.2, 0.25) is 0 Å². The van der Waals surface area contributed by atoms with E-state index in [4.69, 9.17) is 12.2 Å². The summed E-state index contributed by atoms with van der Waals surface area (Å²) in [6, 6.07) is 9.98. The summed E-state index contributed by atoms with van der Waals surface area (Å²) >= 11 is 6.76. The molecule has 1 aromatic carbocycles. The van der Waals surface area contributed by atoms with Crippen molar-refractivity contribution in [3.8, 4) is 0 Å². The van der Waals surface area contributed by atoms with Crippen molar-refractivity contribution < 1.29 is 14.7 Å². The molecular weight excluding hydrogens is 416 g/mol. The van der Waals surface area contributed by atoms with Crippen molar-refractivity contribution in [3.05, 3.63) is 40.8 Å². The number of aliphatic hydroxyl groups excluding tert-OH is 1. The number of hydrogen-bond acceptors (Lipinski definition) is 5. The lowest BCUT2D eigenvalue weighted by Gasteiger charge is -2.35. The molecule has 2 amide bonds. The average Bonchev–Trinajstić information content (AvgIpc) is 3.02. The molecule has 2 saturated heterocycles. The molecule has 1 N–H and O–H groups in total. The van der Waals surface area contributed by atoms with Gasteiger partial charge in [0, 0.05) is 32.2 Å². The minimum Gasteiger partial charge on any atom is -0.396 e. The van der Waals surface area contributed by atoms with Crippen LogP contribution in [0, 0.1) is 0 Å². The molecule has 0 aliphatic carbocycles. The second-order valence-corrected chi connectivity index (χ2v) is 9.48. The first kappa shape index (κ1) is 23.0. The van der Waals surface area contributed by atoms with Crippen molar-refractivity contribution in [1.29, 1.82) is 0 Å². The molecule has 2 aliphatic rings. The Morgan fingerprint density at radius 2 is 2.00 bits per heavy atom. The first-order valence-corrected chi connectivity index (χ1v) is 12.0. The molecule has 0 spiro atoms. The van der Waals surface area contributed by atoms with Crippen molar-refractivity contribution >= 4 is 46.2 Å². The van der Waals surface area contributed by atoms with E-state index >= 15 is 0 Å². The molecular formula is C23H30N2O3S2. The summed E-state index contributed by atoms with van der Waals surface area (Å²) in [5, 5.41) is 9.23. The molecule has 1 atom stereocenters. The van der Waals surface area contributed by atoms with Crippen LogP contribution < -0.4 is 0 Å². The Kier molecular flexibility index (Phi) is 8.90. The summed E-state index contributed by atoms with van der Waals surface area (Å²) < 4.78 is 0.610. The number of aliphatic hydroxyl groups is 1. The summed E-state index contributed by atoms with van der Waals surface area (Å²) in [5.41, 5.74) is 0.994. The van der Waals surface area contributed by atoms with Crippen LogP contribution in [0.25, 0.3) is 6.08 Å². The van der Waals surface area contributed by atoms with Crippen LogP contribution in [0.4, 0.5) is 0 Å². The monoisotopic (exact) mass is 446 g/mol. The van der Waals surface area contributed by atoms with E-state index in [-0.39, 0.29) is 24.5 Å². The van der Waals surface area contributed by atoms with Gasteiger partial charge in [0.15, 0.2) is 0 Å². The highest BCUT2D eigenvalue weighted by atomic mass is 32.2. The number of hydrogen-bond donors (Lipinski definition) is 1. The molecule has 3 rings (SSSR count). The van der Waals surface area contributed by atoms with Crippen LogP contribution in [0.15, 0.2) is 35.2 Å². The zero-order valence-electron chi connectivity index (χ0n) is 17.3. The van der Waals surface area contributed by atoms with Crippen molar-refractivity contribution in [2.24, 2.45) is 0 Å². The van der Waals surface area contributed by atoms with Gasteiger partial charge >= 0.3 is 0 Å². The van der Waals surface area contributed by atoms with Crippen molar-refractivity contribution in [2.75, 3.05) is 19.7 Å². The Bertz CT molecular complexity index is 780. The standard InChI is InChI=1S/C23H30N2O3S2/c26-16-13-19-11-6-8-14-24(19)21(27)12-5-2-7-15-25-22(28)20(30-23(25)29)17-18-9-3-1-4-10-18/h1,3-4,9-10,17,19,26H,2,5-8,11-16H2/b20-17-/t19-/m0/s1. The smallest absolute Gasteiger partial charge is 0.266 e. The molecule has 7 heteroatoms. The molecule has 162 valence electrons. The highest BCUT2D eigenvalue weighted by Gasteiger charge is 2.31. The summed E-state index contributed by atoms with van der Waals surface area (Å²) in [6.07, 6.45) is 8.82. The number of unbranched alkanes of at least 4 members (excludes halogenated alkanes) is 2. The van der Waals surface area contributed by atoms with Crippen LogP contribution in [0.3, 0.4) is 0 Å². The Morgan fingerprint density at radius 1 is 1.20 bits per heavy atom. The van der Waals surface area contributed by atoms with E-state index in [1.54, 1.807) is 4.90 Å². The van der Waals surface area contributed by atoms with Gasteiger partial charge < -0.3 is 10.0 Å². The van der Waals surface area contributed by atoms with E-state index in [0.717, 1.165) is 50.6 Å². The summed E-state index contributed by atoms with van der Waals surface area (Å²) in [4.78, 5) is 29.6. The van der Waals surface area contributed by atoms with E-state index in [1.165, 1.54) is 11.8 Å². The number of thiocarbonyl (C=S) groups is 1. The van der Waals surface area contributed by atoms with E-state index in [9.17, 15) is 14.7 Å². The number of likely N-dealkylation sites (tertiary alicyclic amines) is 1. The molecule has 0 bridgehead atoms. The third-order valence-corrected chi connectivity index (χ3v) is 7.03. The highest BCUT2D eigenvalue weighted by molar-refractivity contribution is 8.26. The van der Waals surface area contributed by atoms with Crippen molar-refractivity contribution in [2.45, 2.75) is 57.4 Å². The number of nitrogens with zero attached hydrogens (tertiary/aromatic N) is 2. The molecule has 0 radical (unpaired) electrons. The number of amides is 2. The minimum atomic E-state index is -0.0231. The maximum absolute atomic E-state index is 12.7. The quantitative estimate of drug-likeness (QED) is 0.350. The fourth-order valence-corrected chi connectivity index (χ4v) is 5.35. The van der Waals surface area contributed by atoms with E-state index in [0.29, 0.717) is 28.6 Å². The summed E-state index contributed by atoms with van der Waals surface area (Å²) in [6.45, 7) is 1.55. The first-order chi connectivity index (χ1) is 14.6. The van der Waals surface area contributed by atoms with Gasteiger partial charge in [0.1, 0.15) is 4.32 Å². The molecule has 2 aliphatic heterocycles. The van der Waals surface area contributed by atoms with Gasteiger partial charge in [-0.15, -0.1) is 0 Å². The number of thioether (sulfide) groups is 1. The van der Waals surface area contributed by atoms with Crippen LogP contribution in [-0.2, 0) is 9.59 Å². The van der Waals surface area contributed by atoms with Crippen LogP contribution >= 0.6 is 24.0 Å². The predicted molar refractivity (Wildman–Crippen MR) is 126 cm³/mol. The lowest BCUT2D eigenvalue weighted by atomic mass is 9.99. The Labute approximate surface area is 188 Å². The molecule has 2 heterocycles. The summed E-state index contributed by atoms with van der Waals surface area (Å²) in [7, 11) is 0. The van der Waals surface area contributed by atoms with Crippen molar-refractivity contribution in [1.82, 2.24) is 9.80 Å². The van der Waals surface area contributed by atoms with Crippen LogP contribution in [0.5, 0.6) is 0 Å². The van der Waals surface area contributed by atoms with Gasteiger partial charge in [0.2, 0.25) is 5.91 Å². The topological polar surface area (TPSA) is 60.9 Å². The molecule has 0 unspecified atom stereocenters. The van der Waals surface area contributed by atoms with Gasteiger partial charge in [-0.25, -0.2) is 0 Å². The number of benzene rings is 1. The normalized spacial score (nSPS) is 21.0. The van der Waals surface area contributed by atoms with E-state index in [2.05, 4.69) is 0 Å². The number of carbonyl (C=O) groups excluding carboxylic acids is 2. The Hall–Kier alpha value is -1.70. The Balaban J connectivity index is 1.41. The lowest BCUT2D eigenvalue weighted by molar-refractivity contribution is -0.135. The predicted octanol–water partition coefficient (Wildman–Crippen LogP) is 4.21. The molecule has 1 aromatic rings. The third-order valence-electron chi connectivity index (χ3n) is 5.65. The van der Waals surface area contributed by atoms with E-state index < -0.39 is 0 Å². The van der Waals surface area contributed by atoms with Gasteiger partial charge in [-0.05, 0) is 50.2 Å². The van der Waals surface area contributed by atoms with Gasteiger partial charge in [0.05, 0.1) is 4.91 Å². The fraction of sp³-hybridized carbons (Fsp3) is 0.522. The lowest BCUT2D eigenvalue weighted by Crippen LogP contribution is -2.44. The fourth-order valence-electron chi connectivity index (χ4n) is 4.04. The number of carbonyl (C=O) groups is 2.